The minimum atomic E-state index is -2.43. The molecule has 3 amide bonds. The molecule has 62 heavy (non-hydrogen) atoms. The van der Waals surface area contributed by atoms with Gasteiger partial charge < -0.3 is 53.8 Å². The van der Waals surface area contributed by atoms with Crippen LogP contribution in [0, 0.1) is 29.1 Å². The highest BCUT2D eigenvalue weighted by Gasteiger charge is 2.31. The van der Waals surface area contributed by atoms with E-state index in [2.05, 4.69) is 20.7 Å². The molecule has 0 fully saturated rings. The van der Waals surface area contributed by atoms with Crippen LogP contribution in [0.4, 0.5) is 26.7 Å². The number of hydrogen-bond acceptors (Lipinski definition) is 12. The van der Waals surface area contributed by atoms with Crippen molar-refractivity contribution in [2.75, 3.05) is 99.5 Å². The van der Waals surface area contributed by atoms with Gasteiger partial charge in [0.1, 0.15) is 12.6 Å². The molecule has 1 atom stereocenters. The van der Waals surface area contributed by atoms with E-state index in [4.69, 9.17) is 33.2 Å². The summed E-state index contributed by atoms with van der Waals surface area (Å²) in [6, 6.07) is 14.6. The third kappa shape index (κ3) is 15.6. The van der Waals surface area contributed by atoms with Crippen LogP contribution >= 0.6 is 0 Å². The Bertz CT molecular complexity index is 1850. The second-order valence-corrected chi connectivity index (χ2v) is 13.4. The van der Waals surface area contributed by atoms with Gasteiger partial charge in [0.15, 0.2) is 0 Å². The first-order chi connectivity index (χ1) is 30.0. The number of benzene rings is 3. The van der Waals surface area contributed by atoms with Gasteiger partial charge in [0.25, 0.3) is 0 Å². The molecular formula is C42H50F5N3O12. The molecule has 1 aliphatic carbocycles. The van der Waals surface area contributed by atoms with E-state index in [1.807, 2.05) is 48.5 Å². The van der Waals surface area contributed by atoms with Crippen molar-refractivity contribution in [2.45, 2.75) is 31.2 Å². The minimum absolute atomic E-state index is 0.0232. The molecular weight excluding hydrogens is 833 g/mol. The molecule has 20 heteroatoms. The van der Waals surface area contributed by atoms with E-state index >= 15 is 0 Å². The van der Waals surface area contributed by atoms with Crippen LogP contribution in [0.15, 0.2) is 48.5 Å². The second-order valence-electron chi connectivity index (χ2n) is 13.4. The van der Waals surface area contributed by atoms with Gasteiger partial charge in [-0.3, -0.25) is 14.4 Å². The lowest BCUT2D eigenvalue weighted by Gasteiger charge is -2.18. The third-order valence-corrected chi connectivity index (χ3v) is 9.10. The molecule has 15 nitrogen and oxygen atoms in total. The summed E-state index contributed by atoms with van der Waals surface area (Å²) < 4.78 is 110. The summed E-state index contributed by atoms with van der Waals surface area (Å²) in [6.07, 6.45) is -2.08. The minimum Gasteiger partial charge on any atom is -0.449 e. The van der Waals surface area contributed by atoms with Gasteiger partial charge in [-0.05, 0) is 28.7 Å². The number of carbonyl (C=O) groups is 4. The topological polar surface area (TPSA) is 178 Å². The lowest BCUT2D eigenvalue weighted by atomic mass is 9.98. The van der Waals surface area contributed by atoms with E-state index in [-0.39, 0.29) is 78.3 Å². The highest BCUT2D eigenvalue weighted by atomic mass is 19.2. The number of fused-ring (bicyclic) bond motifs is 3. The standard InChI is InChI=1S/C42H50F5N3O12/c1-55-18-19-59-24-25-60-23-22-57-16-13-48-41(53)32(10-11-34(52)62-40-38(46)36(44)35(43)37(45)39(40)47)50-33(51)12-15-56-20-21-58-17-14-49-42(54)61-26-31-29-8-4-2-6-27(29)28-7-3-5-9-30(28)31/h2-9,31-32H,10-26H2,1H3,(H,48,53)(H,49,54)(H,50,51)/t32-/m0/s1. The monoisotopic (exact) mass is 883 g/mol. The van der Waals surface area contributed by atoms with Crippen molar-refractivity contribution in [3.05, 3.63) is 88.7 Å². The summed E-state index contributed by atoms with van der Waals surface area (Å²) in [5.74, 6) is -16.5. The molecule has 0 spiro atoms. The molecule has 0 radical (unpaired) electrons. The second kappa shape index (κ2) is 26.9. The summed E-state index contributed by atoms with van der Waals surface area (Å²) in [5.41, 5.74) is 4.43. The summed E-state index contributed by atoms with van der Waals surface area (Å²) in [7, 11) is 1.56. The zero-order valence-corrected chi connectivity index (χ0v) is 34.1. The van der Waals surface area contributed by atoms with E-state index < -0.39 is 77.6 Å². The van der Waals surface area contributed by atoms with Crippen LogP contribution in [0.25, 0.3) is 11.1 Å². The number of ether oxygens (including phenoxy) is 8. The van der Waals surface area contributed by atoms with Gasteiger partial charge in [-0.2, -0.15) is 8.78 Å². The molecule has 4 rings (SSSR count). The van der Waals surface area contributed by atoms with Crippen molar-refractivity contribution in [3.8, 4) is 16.9 Å². The lowest BCUT2D eigenvalue weighted by Crippen LogP contribution is -2.48. The Hall–Kier alpha value is -5.25. The zero-order chi connectivity index (χ0) is 44.7. The van der Waals surface area contributed by atoms with E-state index in [9.17, 15) is 41.1 Å². The van der Waals surface area contributed by atoms with Crippen molar-refractivity contribution >= 4 is 23.9 Å². The number of hydrogen-bond donors (Lipinski definition) is 3. The Morgan fingerprint density at radius 2 is 1.08 bits per heavy atom. The fourth-order valence-electron chi connectivity index (χ4n) is 6.05. The van der Waals surface area contributed by atoms with Crippen LogP contribution in [0.3, 0.4) is 0 Å². The predicted molar refractivity (Wildman–Crippen MR) is 210 cm³/mol. The Labute approximate surface area is 354 Å². The molecule has 3 aromatic carbocycles. The van der Waals surface area contributed by atoms with Crippen molar-refractivity contribution < 1.29 is 79.0 Å². The molecule has 0 aromatic heterocycles. The van der Waals surface area contributed by atoms with Crippen LogP contribution in [-0.4, -0.2) is 129 Å². The van der Waals surface area contributed by atoms with E-state index in [0.717, 1.165) is 22.3 Å². The number of methoxy groups -OCH3 is 1. The van der Waals surface area contributed by atoms with Crippen LogP contribution < -0.4 is 20.7 Å². The van der Waals surface area contributed by atoms with Gasteiger partial charge in [-0.25, -0.2) is 18.0 Å². The van der Waals surface area contributed by atoms with Gasteiger partial charge >= 0.3 is 12.1 Å². The van der Waals surface area contributed by atoms with E-state index in [1.54, 1.807) is 7.11 Å². The van der Waals surface area contributed by atoms with Crippen LogP contribution in [0.1, 0.15) is 36.3 Å². The van der Waals surface area contributed by atoms with Crippen molar-refractivity contribution in [3.63, 3.8) is 0 Å². The highest BCUT2D eigenvalue weighted by Crippen LogP contribution is 2.44. The first-order valence-electron chi connectivity index (χ1n) is 19.8. The Kier molecular flexibility index (Phi) is 21.5. The molecule has 0 saturated carbocycles. The summed E-state index contributed by atoms with van der Waals surface area (Å²) >= 11 is 0. The number of esters is 1. The average Bonchev–Trinajstić information content (AvgIpc) is 3.60. The SMILES string of the molecule is COCCOCCOCCOCCNC(=O)[C@H](CCC(=O)Oc1c(F)c(F)c(F)c(F)c1F)NC(=O)CCOCCOCCNC(=O)OCC1c2ccccc2-c2ccccc21. The molecule has 340 valence electrons. The first kappa shape index (κ1) is 49.4. The Morgan fingerprint density at radius 1 is 0.597 bits per heavy atom. The van der Waals surface area contributed by atoms with Crippen LogP contribution in [-0.2, 0) is 47.5 Å². The summed E-state index contributed by atoms with van der Waals surface area (Å²) in [5, 5.41) is 7.58. The van der Waals surface area contributed by atoms with Gasteiger partial charge in [0, 0.05) is 39.0 Å². The summed E-state index contributed by atoms with van der Waals surface area (Å²) in [6.45, 7) is 2.68. The number of carbonyl (C=O) groups excluding carboxylic acids is 4. The van der Waals surface area contributed by atoms with Gasteiger partial charge in [-0.15, -0.1) is 0 Å². The maximum atomic E-state index is 14.0. The fourth-order valence-corrected chi connectivity index (χ4v) is 6.05. The van der Waals surface area contributed by atoms with Crippen LogP contribution in [0.5, 0.6) is 5.75 Å². The number of rotatable bonds is 29. The van der Waals surface area contributed by atoms with Gasteiger partial charge in [0.2, 0.25) is 46.6 Å². The third-order valence-electron chi connectivity index (χ3n) is 9.10. The zero-order valence-electron chi connectivity index (χ0n) is 34.1. The first-order valence-corrected chi connectivity index (χ1v) is 19.8. The molecule has 0 aliphatic heterocycles. The van der Waals surface area contributed by atoms with Crippen molar-refractivity contribution in [2.24, 2.45) is 0 Å². The molecule has 0 unspecified atom stereocenters. The molecule has 0 heterocycles. The maximum Gasteiger partial charge on any atom is 0.407 e. The molecule has 3 N–H and O–H groups in total. The number of halogens is 5. The normalized spacial score (nSPS) is 12.4. The quantitative estimate of drug-likeness (QED) is 0.0225. The van der Waals surface area contributed by atoms with E-state index in [1.165, 1.54) is 0 Å². The predicted octanol–water partition coefficient (Wildman–Crippen LogP) is 4.33. The average molecular weight is 884 g/mol. The number of amides is 3. The lowest BCUT2D eigenvalue weighted by molar-refractivity contribution is -0.136. The number of alkyl carbamates (subject to hydrolysis) is 1. The Morgan fingerprint density at radius 3 is 1.65 bits per heavy atom. The van der Waals surface area contributed by atoms with Gasteiger partial charge in [-0.1, -0.05) is 48.5 Å². The van der Waals surface area contributed by atoms with Crippen molar-refractivity contribution in [1.82, 2.24) is 16.0 Å². The van der Waals surface area contributed by atoms with Crippen LogP contribution in [0.2, 0.25) is 0 Å². The van der Waals surface area contributed by atoms with Gasteiger partial charge in [0.05, 0.1) is 72.7 Å². The molecule has 1 aliphatic rings. The van der Waals surface area contributed by atoms with E-state index in [0.29, 0.717) is 26.4 Å². The molecule has 3 aromatic rings. The fraction of sp³-hybridized carbons (Fsp3) is 0.476. The molecule has 0 bridgehead atoms. The summed E-state index contributed by atoms with van der Waals surface area (Å²) in [4.78, 5) is 50.4. The van der Waals surface area contributed by atoms with Crippen molar-refractivity contribution in [1.29, 1.82) is 0 Å². The Balaban J connectivity index is 1.12. The highest BCUT2D eigenvalue weighted by molar-refractivity contribution is 5.88. The molecule has 0 saturated heterocycles. The number of nitrogens with one attached hydrogen (secondary N) is 3. The maximum absolute atomic E-state index is 14.0. The smallest absolute Gasteiger partial charge is 0.407 e. The largest absolute Gasteiger partial charge is 0.449 e.